The number of halogens is 2. The molecular weight excluding hydrogens is 380 g/mol. The molecule has 0 fully saturated rings. The summed E-state index contributed by atoms with van der Waals surface area (Å²) in [5.41, 5.74) is 1.81. The van der Waals surface area contributed by atoms with Crippen LogP contribution in [0.1, 0.15) is 21.1 Å². The maximum Gasteiger partial charge on any atom is 0.261 e. The van der Waals surface area contributed by atoms with Crippen molar-refractivity contribution >= 4 is 49.1 Å². The fourth-order valence-corrected chi connectivity index (χ4v) is 3.37. The highest BCUT2D eigenvalue weighted by Gasteiger charge is 2.11. The van der Waals surface area contributed by atoms with Crippen LogP contribution in [0.15, 0.2) is 32.5 Å². The van der Waals surface area contributed by atoms with Gasteiger partial charge in [-0.05, 0) is 57.0 Å². The minimum absolute atomic E-state index is 0.0882. The third kappa shape index (κ3) is 3.40. The van der Waals surface area contributed by atoms with Gasteiger partial charge < -0.3 is 5.32 Å². The zero-order valence-corrected chi connectivity index (χ0v) is 13.5. The molecule has 0 aliphatic rings. The number of nitrogens with zero attached hydrogens (tertiary/aromatic N) is 1. The number of hydrogen-bond donors (Lipinski definition) is 1. The summed E-state index contributed by atoms with van der Waals surface area (Å²) in [5.74, 6) is -0.0882. The summed E-state index contributed by atoms with van der Waals surface area (Å²) in [6.07, 6.45) is 0. The number of rotatable bonds is 3. The van der Waals surface area contributed by atoms with Gasteiger partial charge in [0, 0.05) is 10.2 Å². The molecule has 2 rings (SSSR count). The van der Waals surface area contributed by atoms with Crippen molar-refractivity contribution in [3.8, 4) is 0 Å². The van der Waals surface area contributed by atoms with E-state index in [9.17, 15) is 4.79 Å². The van der Waals surface area contributed by atoms with Crippen molar-refractivity contribution < 1.29 is 4.79 Å². The number of hydrogen-bond acceptors (Lipinski definition) is 3. The largest absolute Gasteiger partial charge is 0.346 e. The van der Waals surface area contributed by atoms with Gasteiger partial charge >= 0.3 is 0 Å². The average Bonchev–Trinajstić information content (AvgIpc) is 2.67. The van der Waals surface area contributed by atoms with Gasteiger partial charge in [0.15, 0.2) is 0 Å². The van der Waals surface area contributed by atoms with E-state index in [1.54, 1.807) is 6.07 Å². The van der Waals surface area contributed by atoms with Crippen LogP contribution in [0, 0.1) is 6.92 Å². The normalized spacial score (nSPS) is 10.4. The monoisotopic (exact) mass is 388 g/mol. The van der Waals surface area contributed by atoms with Crippen molar-refractivity contribution in [3.63, 3.8) is 0 Å². The zero-order valence-electron chi connectivity index (χ0n) is 9.54. The van der Waals surface area contributed by atoms with Crippen LogP contribution >= 0.6 is 43.2 Å². The fourth-order valence-electron chi connectivity index (χ4n) is 1.41. The number of carbonyl (C=O) groups is 1. The van der Waals surface area contributed by atoms with E-state index in [1.807, 2.05) is 25.1 Å². The molecule has 0 spiro atoms. The second-order valence-electron chi connectivity index (χ2n) is 3.69. The Labute approximate surface area is 126 Å². The third-order valence-corrected chi connectivity index (χ3v) is 5.50. The number of aryl methyl sites for hydroxylation is 1. The Morgan fingerprint density at radius 2 is 2.22 bits per heavy atom. The molecule has 1 N–H and O–H groups in total. The highest BCUT2D eigenvalue weighted by Crippen LogP contribution is 2.32. The molecule has 1 amide bonds. The molecule has 6 heteroatoms. The van der Waals surface area contributed by atoms with Crippen LogP contribution in [-0.4, -0.2) is 10.9 Å². The van der Waals surface area contributed by atoms with E-state index in [2.05, 4.69) is 42.2 Å². The molecule has 0 radical (unpaired) electrons. The first-order valence-electron chi connectivity index (χ1n) is 5.22. The highest BCUT2D eigenvalue weighted by molar-refractivity contribution is 9.13. The van der Waals surface area contributed by atoms with Crippen LogP contribution in [0.25, 0.3) is 0 Å². The summed E-state index contributed by atoms with van der Waals surface area (Å²) in [7, 11) is 0. The van der Waals surface area contributed by atoms with Gasteiger partial charge in [0.2, 0.25) is 0 Å². The van der Waals surface area contributed by atoms with E-state index < -0.39 is 0 Å². The SMILES string of the molecule is Cc1cccc(CNC(=O)c2cc(Br)c(Br)s2)n1. The Kier molecular flexibility index (Phi) is 4.53. The molecule has 3 nitrogen and oxygen atoms in total. The smallest absolute Gasteiger partial charge is 0.261 e. The zero-order chi connectivity index (χ0) is 13.1. The average molecular weight is 390 g/mol. The van der Waals surface area contributed by atoms with Crippen molar-refractivity contribution in [2.45, 2.75) is 13.5 Å². The highest BCUT2D eigenvalue weighted by atomic mass is 79.9. The summed E-state index contributed by atoms with van der Waals surface area (Å²) >= 11 is 8.13. The van der Waals surface area contributed by atoms with Gasteiger partial charge in [0.05, 0.1) is 20.9 Å². The number of amides is 1. The van der Waals surface area contributed by atoms with E-state index in [0.29, 0.717) is 11.4 Å². The predicted molar refractivity (Wildman–Crippen MR) is 79.9 cm³/mol. The first kappa shape index (κ1) is 13.7. The molecule has 0 aliphatic carbocycles. The summed E-state index contributed by atoms with van der Waals surface area (Å²) in [6, 6.07) is 7.56. The molecule has 2 aromatic rings. The van der Waals surface area contributed by atoms with Gasteiger partial charge in [-0.3, -0.25) is 9.78 Å². The quantitative estimate of drug-likeness (QED) is 0.864. The fraction of sp³-hybridized carbons (Fsp3) is 0.167. The molecule has 0 bridgehead atoms. The number of aromatic nitrogens is 1. The van der Waals surface area contributed by atoms with Gasteiger partial charge in [-0.2, -0.15) is 0 Å². The van der Waals surface area contributed by atoms with E-state index in [-0.39, 0.29) is 5.91 Å². The van der Waals surface area contributed by atoms with Crippen LogP contribution in [0.2, 0.25) is 0 Å². The Hall–Kier alpha value is -0.720. The minimum atomic E-state index is -0.0882. The van der Waals surface area contributed by atoms with Gasteiger partial charge in [-0.25, -0.2) is 0 Å². The lowest BCUT2D eigenvalue weighted by Gasteiger charge is -2.03. The molecule has 0 aliphatic heterocycles. The second-order valence-corrected chi connectivity index (χ2v) is 6.91. The van der Waals surface area contributed by atoms with E-state index in [1.165, 1.54) is 11.3 Å². The molecule has 94 valence electrons. The second kappa shape index (κ2) is 5.95. The minimum Gasteiger partial charge on any atom is -0.346 e. The molecule has 0 atom stereocenters. The summed E-state index contributed by atoms with van der Waals surface area (Å²) < 4.78 is 1.81. The Morgan fingerprint density at radius 1 is 1.44 bits per heavy atom. The molecular formula is C12H10Br2N2OS. The Morgan fingerprint density at radius 3 is 2.83 bits per heavy atom. The van der Waals surface area contributed by atoms with E-state index in [0.717, 1.165) is 19.6 Å². The van der Waals surface area contributed by atoms with E-state index >= 15 is 0 Å². The van der Waals surface area contributed by atoms with Gasteiger partial charge in [0.25, 0.3) is 5.91 Å². The molecule has 0 saturated carbocycles. The summed E-state index contributed by atoms with van der Waals surface area (Å²) in [5, 5.41) is 2.85. The molecule has 18 heavy (non-hydrogen) atoms. The lowest BCUT2D eigenvalue weighted by atomic mass is 10.3. The maximum atomic E-state index is 11.9. The first-order chi connectivity index (χ1) is 8.56. The van der Waals surface area contributed by atoms with Gasteiger partial charge in [0.1, 0.15) is 0 Å². The van der Waals surface area contributed by atoms with Crippen molar-refractivity contribution in [2.75, 3.05) is 0 Å². The summed E-state index contributed by atoms with van der Waals surface area (Å²) in [4.78, 5) is 16.9. The lowest BCUT2D eigenvalue weighted by Crippen LogP contribution is -2.22. The Balaban J connectivity index is 2.00. The van der Waals surface area contributed by atoms with Gasteiger partial charge in [-0.15, -0.1) is 11.3 Å². The molecule has 0 saturated heterocycles. The van der Waals surface area contributed by atoms with E-state index in [4.69, 9.17) is 0 Å². The van der Waals surface area contributed by atoms with Crippen molar-refractivity contribution in [2.24, 2.45) is 0 Å². The summed E-state index contributed by atoms with van der Waals surface area (Å²) in [6.45, 7) is 2.37. The number of pyridine rings is 1. The number of thiophene rings is 1. The topological polar surface area (TPSA) is 42.0 Å². The first-order valence-corrected chi connectivity index (χ1v) is 7.62. The van der Waals surface area contributed by atoms with Crippen LogP contribution in [0.4, 0.5) is 0 Å². The number of carbonyl (C=O) groups excluding carboxylic acids is 1. The van der Waals surface area contributed by atoms with Crippen molar-refractivity contribution in [1.82, 2.24) is 10.3 Å². The van der Waals surface area contributed by atoms with Crippen LogP contribution in [0.5, 0.6) is 0 Å². The maximum absolute atomic E-state index is 11.9. The van der Waals surface area contributed by atoms with Crippen molar-refractivity contribution in [3.05, 3.63) is 48.8 Å². The molecule has 2 aromatic heterocycles. The molecule has 0 aromatic carbocycles. The van der Waals surface area contributed by atoms with Crippen LogP contribution in [0.3, 0.4) is 0 Å². The molecule has 0 unspecified atom stereocenters. The predicted octanol–water partition coefficient (Wildman–Crippen LogP) is 3.91. The van der Waals surface area contributed by atoms with Crippen LogP contribution < -0.4 is 5.32 Å². The third-order valence-electron chi connectivity index (χ3n) is 2.25. The molecule has 2 heterocycles. The standard InChI is InChI=1S/C12H10Br2N2OS/c1-7-3-2-4-8(16-7)6-15-12(17)10-5-9(13)11(14)18-10/h2-5H,6H2,1H3,(H,15,17). The van der Waals surface area contributed by atoms with Crippen molar-refractivity contribution in [1.29, 1.82) is 0 Å². The van der Waals surface area contributed by atoms with Crippen LogP contribution in [-0.2, 0) is 6.54 Å². The van der Waals surface area contributed by atoms with Gasteiger partial charge in [-0.1, -0.05) is 6.07 Å². The number of nitrogens with one attached hydrogen (secondary N) is 1. The Bertz CT molecular complexity index is 564. The lowest BCUT2D eigenvalue weighted by molar-refractivity contribution is 0.0954.